The third-order valence-corrected chi connectivity index (χ3v) is 8.92. The molecule has 0 aliphatic rings. The number of hydrogen-bond donors (Lipinski definition) is 0. The summed E-state index contributed by atoms with van der Waals surface area (Å²) in [6.07, 6.45) is 0. The van der Waals surface area contributed by atoms with Crippen molar-refractivity contribution in [2.24, 2.45) is 0 Å². The van der Waals surface area contributed by atoms with Crippen LogP contribution < -0.4 is 8.37 Å². The number of para-hydroxylation sites is 2. The van der Waals surface area contributed by atoms with E-state index < -0.39 is 42.8 Å². The SMILES string of the molecule is O=S(=O)(Oc1ccccc1-c1ccc2ccc3ccc(-c4ccccc4OS(=O)(=O)C(F)(F)F)c4ccc1c2c34)C(F)(F)F. The molecule has 0 bridgehead atoms. The first-order chi connectivity index (χ1) is 20.6. The van der Waals surface area contributed by atoms with Crippen LogP contribution in [0.25, 0.3) is 54.6 Å². The molecule has 0 aliphatic heterocycles. The molecule has 6 aromatic rings. The zero-order valence-corrected chi connectivity index (χ0v) is 23.4. The van der Waals surface area contributed by atoms with Gasteiger partial charge in [-0.2, -0.15) is 43.2 Å². The second-order valence-corrected chi connectivity index (χ2v) is 12.7. The Morgan fingerprint density at radius 2 is 0.773 bits per heavy atom. The van der Waals surface area contributed by atoms with Gasteiger partial charge in [0, 0.05) is 11.1 Å². The molecule has 6 aromatic carbocycles. The van der Waals surface area contributed by atoms with E-state index in [1.165, 1.54) is 36.4 Å². The lowest BCUT2D eigenvalue weighted by Gasteiger charge is -2.19. The Morgan fingerprint density at radius 3 is 1.14 bits per heavy atom. The van der Waals surface area contributed by atoms with Crippen molar-refractivity contribution in [3.8, 4) is 33.8 Å². The van der Waals surface area contributed by atoms with Crippen LogP contribution in [-0.4, -0.2) is 27.9 Å². The molecule has 0 unspecified atom stereocenters. The van der Waals surface area contributed by atoms with E-state index >= 15 is 0 Å². The van der Waals surface area contributed by atoms with Crippen molar-refractivity contribution < 1.29 is 51.5 Å². The minimum absolute atomic E-state index is 0.0644. The summed E-state index contributed by atoms with van der Waals surface area (Å²) in [4.78, 5) is 0. The largest absolute Gasteiger partial charge is 0.534 e. The normalized spacial score (nSPS) is 13.1. The summed E-state index contributed by atoms with van der Waals surface area (Å²) in [6, 6.07) is 24.1. The summed E-state index contributed by atoms with van der Waals surface area (Å²) in [5.74, 6) is -1.09. The topological polar surface area (TPSA) is 86.7 Å². The molecule has 14 heteroatoms. The van der Waals surface area contributed by atoms with Crippen LogP contribution in [0.3, 0.4) is 0 Å². The summed E-state index contributed by atoms with van der Waals surface area (Å²) in [6.45, 7) is 0. The van der Waals surface area contributed by atoms with Crippen LogP contribution in [0.2, 0.25) is 0 Å². The van der Waals surface area contributed by atoms with E-state index in [-0.39, 0.29) is 11.1 Å². The number of alkyl halides is 6. The third-order valence-electron chi connectivity index (χ3n) is 6.98. The van der Waals surface area contributed by atoms with Gasteiger partial charge in [0.05, 0.1) is 0 Å². The van der Waals surface area contributed by atoms with Crippen molar-refractivity contribution in [2.45, 2.75) is 11.0 Å². The Hall–Kier alpha value is -4.56. The molecule has 0 amide bonds. The maximum Gasteiger partial charge on any atom is 0.534 e. The van der Waals surface area contributed by atoms with Crippen LogP contribution in [-0.2, 0) is 20.2 Å². The molecule has 226 valence electrons. The first-order valence-corrected chi connectivity index (χ1v) is 15.3. The van der Waals surface area contributed by atoms with Crippen molar-refractivity contribution in [2.75, 3.05) is 0 Å². The molecule has 0 aliphatic carbocycles. The van der Waals surface area contributed by atoms with Gasteiger partial charge in [0.1, 0.15) is 0 Å². The molecule has 44 heavy (non-hydrogen) atoms. The predicted molar refractivity (Wildman–Crippen MR) is 152 cm³/mol. The van der Waals surface area contributed by atoms with Crippen molar-refractivity contribution >= 4 is 52.6 Å². The second kappa shape index (κ2) is 9.99. The zero-order chi connectivity index (χ0) is 31.7. The Labute approximate surface area is 245 Å². The highest BCUT2D eigenvalue weighted by Crippen LogP contribution is 2.46. The van der Waals surface area contributed by atoms with Gasteiger partial charge < -0.3 is 8.37 Å². The summed E-state index contributed by atoms with van der Waals surface area (Å²) in [7, 11) is -11.9. The summed E-state index contributed by atoms with van der Waals surface area (Å²) < 4.78 is 135. The Morgan fingerprint density at radius 1 is 0.432 bits per heavy atom. The molecule has 0 N–H and O–H groups in total. The molecule has 0 saturated carbocycles. The molecule has 6 rings (SSSR count). The fraction of sp³-hybridized carbons (Fsp3) is 0.0667. The van der Waals surface area contributed by atoms with Gasteiger partial charge in [-0.05, 0) is 55.6 Å². The summed E-state index contributed by atoms with van der Waals surface area (Å²) >= 11 is 0. The number of rotatable bonds is 6. The maximum absolute atomic E-state index is 13.1. The zero-order valence-electron chi connectivity index (χ0n) is 21.8. The van der Waals surface area contributed by atoms with E-state index in [1.54, 1.807) is 48.5 Å². The molecular weight excluding hydrogens is 634 g/mol. The summed E-state index contributed by atoms with van der Waals surface area (Å²) in [5.41, 5.74) is -10.5. The minimum atomic E-state index is -5.97. The van der Waals surface area contributed by atoms with Crippen LogP contribution in [0.4, 0.5) is 26.3 Å². The molecule has 0 heterocycles. The fourth-order valence-electron chi connectivity index (χ4n) is 5.13. The van der Waals surface area contributed by atoms with E-state index in [4.69, 9.17) is 0 Å². The molecule has 0 spiro atoms. The van der Waals surface area contributed by atoms with Gasteiger partial charge in [0.15, 0.2) is 11.5 Å². The van der Waals surface area contributed by atoms with Crippen molar-refractivity contribution in [3.05, 3.63) is 97.1 Å². The van der Waals surface area contributed by atoms with Crippen molar-refractivity contribution in [3.63, 3.8) is 0 Å². The highest BCUT2D eigenvalue weighted by Gasteiger charge is 2.49. The standard InChI is InChI=1S/C30H16F6O6S2/c31-29(32,33)43(37,38)41-25-7-3-1-5-21(25)19-13-11-17-9-10-18-12-14-20(24-16-15-23(19)27(17)28(18)24)22-6-2-4-8-26(22)42-44(39,40)30(34,35)36/h1-16H. The Balaban J connectivity index is 1.58. The average Bonchev–Trinajstić information content (AvgIpc) is 2.95. The monoisotopic (exact) mass is 650 g/mol. The van der Waals surface area contributed by atoms with E-state index in [0.717, 1.165) is 12.1 Å². The van der Waals surface area contributed by atoms with Crippen molar-refractivity contribution in [1.29, 1.82) is 0 Å². The quantitative estimate of drug-likeness (QED) is 0.0779. The molecule has 0 atom stereocenters. The average molecular weight is 651 g/mol. The van der Waals surface area contributed by atoms with Crippen LogP contribution >= 0.6 is 0 Å². The van der Waals surface area contributed by atoms with Gasteiger partial charge in [-0.15, -0.1) is 0 Å². The summed E-state index contributed by atoms with van der Waals surface area (Å²) in [5, 5.41) is 3.67. The minimum Gasteiger partial charge on any atom is -0.375 e. The number of halogens is 6. The molecule has 0 saturated heterocycles. The van der Waals surface area contributed by atoms with Gasteiger partial charge in [-0.1, -0.05) is 84.9 Å². The van der Waals surface area contributed by atoms with E-state index in [1.807, 2.05) is 0 Å². The fourth-order valence-corrected chi connectivity index (χ4v) is 6.08. The third kappa shape index (κ3) is 4.83. The lowest BCUT2D eigenvalue weighted by molar-refractivity contribution is -0.0504. The van der Waals surface area contributed by atoms with E-state index in [0.29, 0.717) is 43.4 Å². The Kier molecular flexibility index (Phi) is 6.70. The highest BCUT2D eigenvalue weighted by molar-refractivity contribution is 7.88. The first-order valence-electron chi connectivity index (χ1n) is 12.5. The lowest BCUT2D eigenvalue weighted by Crippen LogP contribution is -2.28. The second-order valence-electron chi connectivity index (χ2n) is 9.61. The smallest absolute Gasteiger partial charge is 0.375 e. The van der Waals surface area contributed by atoms with Gasteiger partial charge in [-0.25, -0.2) is 0 Å². The lowest BCUT2D eigenvalue weighted by atomic mass is 9.87. The van der Waals surface area contributed by atoms with Crippen LogP contribution in [0.15, 0.2) is 97.1 Å². The highest BCUT2D eigenvalue weighted by atomic mass is 32.2. The van der Waals surface area contributed by atoms with Gasteiger partial charge in [0.2, 0.25) is 0 Å². The van der Waals surface area contributed by atoms with Gasteiger partial charge in [0.25, 0.3) is 0 Å². The molecule has 6 nitrogen and oxygen atoms in total. The molecule has 0 radical (unpaired) electrons. The maximum atomic E-state index is 13.1. The van der Waals surface area contributed by atoms with Crippen LogP contribution in [0, 0.1) is 0 Å². The van der Waals surface area contributed by atoms with Crippen LogP contribution in [0.1, 0.15) is 0 Å². The van der Waals surface area contributed by atoms with Crippen molar-refractivity contribution in [1.82, 2.24) is 0 Å². The van der Waals surface area contributed by atoms with Gasteiger partial charge >= 0.3 is 31.3 Å². The van der Waals surface area contributed by atoms with E-state index in [2.05, 4.69) is 8.37 Å². The van der Waals surface area contributed by atoms with Gasteiger partial charge in [-0.3, -0.25) is 0 Å². The molecular formula is C30H16F6O6S2. The Bertz CT molecular complexity index is 2130. The number of hydrogen-bond acceptors (Lipinski definition) is 6. The first kappa shape index (κ1) is 29.5. The number of benzene rings is 6. The predicted octanol–water partition coefficient (Wildman–Crippen LogP) is 8.37. The molecule has 0 aromatic heterocycles. The molecule has 0 fully saturated rings. The van der Waals surface area contributed by atoms with E-state index in [9.17, 15) is 43.2 Å². The van der Waals surface area contributed by atoms with Crippen LogP contribution in [0.5, 0.6) is 11.5 Å².